The molecule has 0 N–H and O–H groups in total. The van der Waals surface area contributed by atoms with Crippen LogP contribution in [-0.2, 0) is 0 Å². The van der Waals surface area contributed by atoms with Crippen LogP contribution in [-0.4, -0.2) is 59.3 Å². The largest absolute Gasteiger partial charge is 0.459 e. The van der Waals surface area contributed by atoms with Gasteiger partial charge in [-0.3, -0.25) is 4.90 Å². The van der Waals surface area contributed by atoms with Crippen LogP contribution < -0.4 is 0 Å². The number of aromatic nitrogens is 2. The SMILES string of the molecule is CN1CCC(N2CC[C@H](c3nnc(-c4ccco4)o3)C2)CC1. The van der Waals surface area contributed by atoms with Crippen molar-refractivity contribution in [3.63, 3.8) is 0 Å². The molecule has 0 aromatic carbocycles. The number of piperidine rings is 1. The lowest BCUT2D eigenvalue weighted by molar-refractivity contribution is 0.141. The minimum Gasteiger partial charge on any atom is -0.459 e. The van der Waals surface area contributed by atoms with Crippen molar-refractivity contribution in [3.05, 3.63) is 24.3 Å². The normalized spacial score (nSPS) is 25.0. The first kappa shape index (κ1) is 14.0. The van der Waals surface area contributed by atoms with Crippen molar-refractivity contribution in [2.45, 2.75) is 31.2 Å². The van der Waals surface area contributed by atoms with E-state index in [1.165, 1.54) is 25.9 Å². The van der Waals surface area contributed by atoms with E-state index in [1.54, 1.807) is 6.26 Å². The maximum atomic E-state index is 5.81. The molecular weight excluding hydrogens is 280 g/mol. The summed E-state index contributed by atoms with van der Waals surface area (Å²) in [4.78, 5) is 5.02. The summed E-state index contributed by atoms with van der Waals surface area (Å²) in [5.41, 5.74) is 0. The quantitative estimate of drug-likeness (QED) is 0.866. The van der Waals surface area contributed by atoms with E-state index in [0.717, 1.165) is 25.4 Å². The van der Waals surface area contributed by atoms with E-state index in [-0.39, 0.29) is 0 Å². The predicted molar refractivity (Wildman–Crippen MR) is 81.5 cm³/mol. The molecule has 118 valence electrons. The minimum atomic E-state index is 0.357. The second kappa shape index (κ2) is 5.85. The first-order chi connectivity index (χ1) is 10.8. The van der Waals surface area contributed by atoms with Crippen LogP contribution in [0.25, 0.3) is 11.7 Å². The van der Waals surface area contributed by atoms with Crippen LogP contribution in [0, 0.1) is 0 Å². The third-order valence-electron chi connectivity index (χ3n) is 4.95. The van der Waals surface area contributed by atoms with E-state index in [4.69, 9.17) is 8.83 Å². The molecule has 1 atom stereocenters. The number of nitrogens with zero attached hydrogens (tertiary/aromatic N) is 4. The Balaban J connectivity index is 1.40. The summed E-state index contributed by atoms with van der Waals surface area (Å²) in [7, 11) is 2.21. The van der Waals surface area contributed by atoms with Gasteiger partial charge < -0.3 is 13.7 Å². The Morgan fingerprint density at radius 1 is 1.14 bits per heavy atom. The van der Waals surface area contributed by atoms with Crippen molar-refractivity contribution in [2.24, 2.45) is 0 Å². The molecule has 2 aromatic rings. The maximum absolute atomic E-state index is 5.81. The molecule has 2 fully saturated rings. The van der Waals surface area contributed by atoms with Crippen molar-refractivity contribution in [2.75, 3.05) is 33.2 Å². The van der Waals surface area contributed by atoms with Crippen molar-refractivity contribution in [1.82, 2.24) is 20.0 Å². The highest BCUT2D eigenvalue weighted by Gasteiger charge is 2.33. The molecule has 2 aliphatic rings. The van der Waals surface area contributed by atoms with E-state index in [9.17, 15) is 0 Å². The number of hydrogen-bond donors (Lipinski definition) is 0. The van der Waals surface area contributed by atoms with Crippen LogP contribution in [0.3, 0.4) is 0 Å². The van der Waals surface area contributed by atoms with Gasteiger partial charge in [-0.05, 0) is 58.1 Å². The van der Waals surface area contributed by atoms with Gasteiger partial charge in [-0.15, -0.1) is 10.2 Å². The van der Waals surface area contributed by atoms with Crippen molar-refractivity contribution in [1.29, 1.82) is 0 Å². The molecule has 2 aromatic heterocycles. The Labute approximate surface area is 130 Å². The standard InChI is InChI=1S/C16H22N4O2/c1-19-7-5-13(6-8-19)20-9-4-12(11-20)15-17-18-16(22-15)14-3-2-10-21-14/h2-3,10,12-13H,4-9,11H2,1H3/t12-/m0/s1. The highest BCUT2D eigenvalue weighted by Crippen LogP contribution is 2.31. The topological polar surface area (TPSA) is 58.5 Å². The molecule has 0 amide bonds. The van der Waals surface area contributed by atoms with Gasteiger partial charge in [-0.1, -0.05) is 0 Å². The lowest BCUT2D eigenvalue weighted by Crippen LogP contribution is -2.42. The van der Waals surface area contributed by atoms with Crippen LogP contribution in [0.2, 0.25) is 0 Å². The molecule has 0 radical (unpaired) electrons. The van der Waals surface area contributed by atoms with Gasteiger partial charge >= 0.3 is 0 Å². The first-order valence-corrected chi connectivity index (χ1v) is 8.09. The van der Waals surface area contributed by atoms with Crippen molar-refractivity contribution < 1.29 is 8.83 Å². The van der Waals surface area contributed by atoms with Crippen LogP contribution in [0.5, 0.6) is 0 Å². The summed E-state index contributed by atoms with van der Waals surface area (Å²) in [6.07, 6.45) is 5.26. The molecule has 0 bridgehead atoms. The van der Waals surface area contributed by atoms with Gasteiger partial charge in [0.25, 0.3) is 5.89 Å². The fraction of sp³-hybridized carbons (Fsp3) is 0.625. The van der Waals surface area contributed by atoms with Gasteiger partial charge in [0.15, 0.2) is 5.76 Å². The summed E-state index contributed by atoms with van der Waals surface area (Å²) in [6, 6.07) is 4.39. The molecule has 2 aliphatic heterocycles. The van der Waals surface area contributed by atoms with Crippen LogP contribution in [0.15, 0.2) is 27.2 Å². The lowest BCUT2D eigenvalue weighted by Gasteiger charge is -2.35. The average Bonchev–Trinajstić information content (AvgIpc) is 3.27. The molecule has 22 heavy (non-hydrogen) atoms. The van der Waals surface area contributed by atoms with Crippen LogP contribution >= 0.6 is 0 Å². The zero-order valence-corrected chi connectivity index (χ0v) is 12.9. The van der Waals surface area contributed by atoms with Gasteiger partial charge in [0.2, 0.25) is 5.89 Å². The van der Waals surface area contributed by atoms with Crippen molar-refractivity contribution >= 4 is 0 Å². The monoisotopic (exact) mass is 302 g/mol. The highest BCUT2D eigenvalue weighted by atomic mass is 16.4. The number of likely N-dealkylation sites (tertiary alicyclic amines) is 2. The van der Waals surface area contributed by atoms with E-state index in [1.807, 2.05) is 12.1 Å². The van der Waals surface area contributed by atoms with Gasteiger partial charge in [0.05, 0.1) is 12.2 Å². The summed E-state index contributed by atoms with van der Waals surface area (Å²) in [5, 5.41) is 8.35. The number of furan rings is 1. The molecule has 6 heteroatoms. The maximum Gasteiger partial charge on any atom is 0.283 e. The Morgan fingerprint density at radius 3 is 2.77 bits per heavy atom. The van der Waals surface area contributed by atoms with Crippen LogP contribution in [0.4, 0.5) is 0 Å². The first-order valence-electron chi connectivity index (χ1n) is 8.09. The van der Waals surface area contributed by atoms with Crippen molar-refractivity contribution in [3.8, 4) is 11.7 Å². The van der Waals surface area contributed by atoms with E-state index >= 15 is 0 Å². The molecule has 0 unspecified atom stereocenters. The zero-order valence-electron chi connectivity index (χ0n) is 12.9. The second-order valence-corrected chi connectivity index (χ2v) is 6.44. The molecular formula is C16H22N4O2. The summed E-state index contributed by atoms with van der Waals surface area (Å²) >= 11 is 0. The van der Waals surface area contributed by atoms with Gasteiger partial charge in [-0.25, -0.2) is 0 Å². The highest BCUT2D eigenvalue weighted by molar-refractivity contribution is 5.42. The molecule has 0 saturated carbocycles. The van der Waals surface area contributed by atoms with E-state index in [2.05, 4.69) is 27.0 Å². The van der Waals surface area contributed by atoms with E-state index in [0.29, 0.717) is 23.6 Å². The fourth-order valence-corrected chi connectivity index (χ4v) is 3.58. The molecule has 4 rings (SSSR count). The number of hydrogen-bond acceptors (Lipinski definition) is 6. The summed E-state index contributed by atoms with van der Waals surface area (Å²) in [6.45, 7) is 4.58. The molecule has 6 nitrogen and oxygen atoms in total. The molecule has 4 heterocycles. The Kier molecular flexibility index (Phi) is 3.72. The molecule has 0 spiro atoms. The summed E-state index contributed by atoms with van der Waals surface area (Å²) < 4.78 is 11.1. The number of rotatable bonds is 3. The Morgan fingerprint density at radius 2 is 2.00 bits per heavy atom. The Bertz CT molecular complexity index is 601. The minimum absolute atomic E-state index is 0.357. The zero-order chi connectivity index (χ0) is 14.9. The lowest BCUT2D eigenvalue weighted by atomic mass is 10.0. The average molecular weight is 302 g/mol. The molecule has 0 aliphatic carbocycles. The van der Waals surface area contributed by atoms with E-state index < -0.39 is 0 Å². The predicted octanol–water partition coefficient (Wildman–Crippen LogP) is 2.21. The smallest absolute Gasteiger partial charge is 0.283 e. The van der Waals surface area contributed by atoms with Gasteiger partial charge in [-0.2, -0.15) is 0 Å². The third kappa shape index (κ3) is 2.68. The Hall–Kier alpha value is -1.66. The second-order valence-electron chi connectivity index (χ2n) is 6.44. The summed E-state index contributed by atoms with van der Waals surface area (Å²) in [5.74, 6) is 2.24. The fourth-order valence-electron chi connectivity index (χ4n) is 3.58. The van der Waals surface area contributed by atoms with Gasteiger partial charge in [0.1, 0.15) is 0 Å². The van der Waals surface area contributed by atoms with Gasteiger partial charge in [0, 0.05) is 12.6 Å². The third-order valence-corrected chi connectivity index (χ3v) is 4.95. The van der Waals surface area contributed by atoms with Crippen LogP contribution in [0.1, 0.15) is 31.1 Å². The molecule has 2 saturated heterocycles.